The molecular formula is C18H22N4O2S. The lowest BCUT2D eigenvalue weighted by atomic mass is 9.96. The number of aromatic nitrogens is 2. The molecule has 0 spiro atoms. The van der Waals surface area contributed by atoms with Crippen LogP contribution in [0.15, 0.2) is 41.8 Å². The van der Waals surface area contributed by atoms with Gasteiger partial charge in [-0.15, -0.1) is 0 Å². The predicted molar refractivity (Wildman–Crippen MR) is 97.5 cm³/mol. The number of piperidine rings is 1. The van der Waals surface area contributed by atoms with Crippen molar-refractivity contribution in [3.63, 3.8) is 0 Å². The summed E-state index contributed by atoms with van der Waals surface area (Å²) in [6.45, 7) is 3.24. The Morgan fingerprint density at radius 2 is 2.08 bits per heavy atom. The predicted octanol–water partition coefficient (Wildman–Crippen LogP) is 2.00. The van der Waals surface area contributed by atoms with Crippen molar-refractivity contribution in [2.45, 2.75) is 24.9 Å². The second-order valence-electron chi connectivity index (χ2n) is 6.26. The fourth-order valence-electron chi connectivity index (χ4n) is 3.00. The summed E-state index contributed by atoms with van der Waals surface area (Å²) in [5, 5.41) is 0.797. The molecule has 0 radical (unpaired) electrons. The normalized spacial score (nSPS) is 15.3. The Morgan fingerprint density at radius 3 is 2.76 bits per heavy atom. The Morgan fingerprint density at radius 1 is 1.32 bits per heavy atom. The largest absolute Gasteiger partial charge is 0.369 e. The lowest BCUT2D eigenvalue weighted by molar-refractivity contribution is -0.132. The number of imidazole rings is 1. The minimum absolute atomic E-state index is 0.0757. The van der Waals surface area contributed by atoms with Crippen molar-refractivity contribution in [1.82, 2.24) is 14.5 Å². The molecule has 0 aliphatic carbocycles. The molecule has 2 amide bonds. The van der Waals surface area contributed by atoms with E-state index in [1.54, 1.807) is 6.20 Å². The van der Waals surface area contributed by atoms with E-state index in [9.17, 15) is 9.59 Å². The Hall–Kier alpha value is -2.28. The molecule has 0 atom stereocenters. The molecule has 1 aromatic carbocycles. The third-order valence-corrected chi connectivity index (χ3v) is 5.41. The van der Waals surface area contributed by atoms with E-state index in [1.807, 2.05) is 40.8 Å². The molecule has 1 aromatic heterocycles. The van der Waals surface area contributed by atoms with Gasteiger partial charge in [0, 0.05) is 37.1 Å². The van der Waals surface area contributed by atoms with Gasteiger partial charge in [-0.05, 0) is 37.5 Å². The molecule has 1 saturated heterocycles. The number of thioether (sulfide) groups is 1. The maximum Gasteiger partial charge on any atom is 0.233 e. The van der Waals surface area contributed by atoms with Crippen molar-refractivity contribution in [1.29, 1.82) is 0 Å². The summed E-state index contributed by atoms with van der Waals surface area (Å²) >= 11 is 1.43. The van der Waals surface area contributed by atoms with Gasteiger partial charge < -0.3 is 10.6 Å². The van der Waals surface area contributed by atoms with Crippen molar-refractivity contribution in [3.05, 3.63) is 42.2 Å². The maximum atomic E-state index is 12.4. The van der Waals surface area contributed by atoms with E-state index in [-0.39, 0.29) is 17.7 Å². The van der Waals surface area contributed by atoms with Crippen LogP contribution in [0, 0.1) is 12.8 Å². The number of hydrogen-bond acceptors (Lipinski definition) is 4. The van der Waals surface area contributed by atoms with Gasteiger partial charge in [0.05, 0.1) is 5.75 Å². The average Bonchev–Trinajstić information content (AvgIpc) is 3.08. The van der Waals surface area contributed by atoms with Gasteiger partial charge in [-0.3, -0.25) is 14.2 Å². The highest BCUT2D eigenvalue weighted by Gasteiger charge is 2.26. The number of aryl methyl sites for hydroxylation is 1. The Bertz CT molecular complexity index is 766. The van der Waals surface area contributed by atoms with Gasteiger partial charge in [0.15, 0.2) is 5.16 Å². The van der Waals surface area contributed by atoms with Crippen LogP contribution in [-0.2, 0) is 9.59 Å². The Balaban J connectivity index is 1.59. The number of nitrogens with zero attached hydrogens (tertiary/aromatic N) is 3. The van der Waals surface area contributed by atoms with Crippen molar-refractivity contribution in [3.8, 4) is 5.69 Å². The first-order valence-corrected chi connectivity index (χ1v) is 9.33. The van der Waals surface area contributed by atoms with Crippen LogP contribution in [0.4, 0.5) is 0 Å². The van der Waals surface area contributed by atoms with Crippen LogP contribution in [0.3, 0.4) is 0 Å². The highest BCUT2D eigenvalue weighted by molar-refractivity contribution is 7.99. The molecule has 2 N–H and O–H groups in total. The smallest absolute Gasteiger partial charge is 0.233 e. The van der Waals surface area contributed by atoms with E-state index in [2.05, 4.69) is 11.1 Å². The zero-order valence-corrected chi connectivity index (χ0v) is 15.0. The summed E-state index contributed by atoms with van der Waals surface area (Å²) in [5.41, 5.74) is 7.55. The number of likely N-dealkylation sites (tertiary alicyclic amines) is 1. The molecular weight excluding hydrogens is 336 g/mol. The highest BCUT2D eigenvalue weighted by atomic mass is 32.2. The zero-order chi connectivity index (χ0) is 17.8. The van der Waals surface area contributed by atoms with Crippen molar-refractivity contribution in [2.24, 2.45) is 11.7 Å². The van der Waals surface area contributed by atoms with Gasteiger partial charge >= 0.3 is 0 Å². The summed E-state index contributed by atoms with van der Waals surface area (Å²) in [7, 11) is 0. The highest BCUT2D eigenvalue weighted by Crippen LogP contribution is 2.23. The van der Waals surface area contributed by atoms with Crippen molar-refractivity contribution in [2.75, 3.05) is 18.8 Å². The summed E-state index contributed by atoms with van der Waals surface area (Å²) in [5.74, 6) is 0.0506. The number of primary amides is 1. The number of rotatable bonds is 5. The molecule has 6 nitrogen and oxygen atoms in total. The molecule has 0 unspecified atom stereocenters. The van der Waals surface area contributed by atoms with Gasteiger partial charge in [-0.2, -0.15) is 0 Å². The van der Waals surface area contributed by atoms with Crippen molar-refractivity contribution < 1.29 is 9.59 Å². The Kier molecular flexibility index (Phi) is 5.43. The molecule has 1 aliphatic rings. The average molecular weight is 358 g/mol. The monoisotopic (exact) mass is 358 g/mol. The molecule has 0 saturated carbocycles. The molecule has 2 aromatic rings. The number of carbonyl (C=O) groups is 2. The fraction of sp³-hybridized carbons (Fsp3) is 0.389. The van der Waals surface area contributed by atoms with E-state index >= 15 is 0 Å². The van der Waals surface area contributed by atoms with Crippen LogP contribution in [0.1, 0.15) is 18.4 Å². The van der Waals surface area contributed by atoms with Gasteiger partial charge in [0.2, 0.25) is 11.8 Å². The molecule has 3 rings (SSSR count). The van der Waals surface area contributed by atoms with Crippen LogP contribution < -0.4 is 5.73 Å². The number of carbonyl (C=O) groups excluding carboxylic acids is 2. The first-order chi connectivity index (χ1) is 12.0. The van der Waals surface area contributed by atoms with Gasteiger partial charge in [0.25, 0.3) is 0 Å². The van der Waals surface area contributed by atoms with Crippen LogP contribution in [-0.4, -0.2) is 45.1 Å². The molecule has 132 valence electrons. The molecule has 2 heterocycles. The van der Waals surface area contributed by atoms with E-state index in [1.165, 1.54) is 17.3 Å². The van der Waals surface area contributed by atoms with E-state index in [0.29, 0.717) is 31.7 Å². The molecule has 1 aliphatic heterocycles. The summed E-state index contributed by atoms with van der Waals surface area (Å²) in [4.78, 5) is 29.8. The first kappa shape index (κ1) is 17.5. The molecule has 25 heavy (non-hydrogen) atoms. The second-order valence-corrected chi connectivity index (χ2v) is 7.21. The first-order valence-electron chi connectivity index (χ1n) is 8.35. The second kappa shape index (κ2) is 7.74. The molecule has 7 heteroatoms. The van der Waals surface area contributed by atoms with Gasteiger partial charge in [-0.1, -0.05) is 23.9 Å². The van der Waals surface area contributed by atoms with Crippen molar-refractivity contribution >= 4 is 23.6 Å². The van der Waals surface area contributed by atoms with Crippen LogP contribution in [0.25, 0.3) is 5.69 Å². The third-order valence-electron chi connectivity index (χ3n) is 4.46. The number of nitrogens with two attached hydrogens (primary N) is 1. The van der Waals surface area contributed by atoms with Crippen LogP contribution in [0.2, 0.25) is 0 Å². The number of benzene rings is 1. The lowest BCUT2D eigenvalue weighted by Crippen LogP contribution is -2.42. The summed E-state index contributed by atoms with van der Waals surface area (Å²) in [6, 6.07) is 8.16. The summed E-state index contributed by atoms with van der Waals surface area (Å²) < 4.78 is 1.99. The quantitative estimate of drug-likeness (QED) is 0.829. The number of hydrogen-bond donors (Lipinski definition) is 1. The standard InChI is InChI=1S/C18H22N4O2S/c1-13-3-2-4-15(11-13)22-10-7-20-18(22)25-12-16(23)21-8-5-14(6-9-21)17(19)24/h2-4,7,10-11,14H,5-6,8-9,12H2,1H3,(H2,19,24). The van der Waals surface area contributed by atoms with Gasteiger partial charge in [-0.25, -0.2) is 4.98 Å². The number of amides is 2. The Labute approximate surface area is 151 Å². The minimum Gasteiger partial charge on any atom is -0.369 e. The minimum atomic E-state index is -0.262. The van der Waals surface area contributed by atoms with Crippen LogP contribution in [0.5, 0.6) is 0 Å². The SMILES string of the molecule is Cc1cccc(-n2ccnc2SCC(=O)N2CCC(C(N)=O)CC2)c1. The van der Waals surface area contributed by atoms with E-state index in [0.717, 1.165) is 10.8 Å². The van der Waals surface area contributed by atoms with Crippen LogP contribution >= 0.6 is 11.8 Å². The van der Waals surface area contributed by atoms with E-state index < -0.39 is 0 Å². The third kappa shape index (κ3) is 4.22. The maximum absolute atomic E-state index is 12.4. The lowest BCUT2D eigenvalue weighted by Gasteiger charge is -2.30. The van der Waals surface area contributed by atoms with E-state index in [4.69, 9.17) is 5.73 Å². The molecule has 0 bridgehead atoms. The topological polar surface area (TPSA) is 81.2 Å². The van der Waals surface area contributed by atoms with Gasteiger partial charge in [0.1, 0.15) is 0 Å². The fourth-order valence-corrected chi connectivity index (χ4v) is 3.88. The summed E-state index contributed by atoms with van der Waals surface area (Å²) in [6.07, 6.45) is 4.96. The zero-order valence-electron chi connectivity index (χ0n) is 14.2. The molecule has 1 fully saturated rings.